The monoisotopic (exact) mass is 397 g/mol. The van der Waals surface area contributed by atoms with E-state index in [1.807, 2.05) is 24.3 Å². The van der Waals surface area contributed by atoms with Crippen molar-refractivity contribution in [3.8, 4) is 5.75 Å². The number of hydrogen-bond acceptors (Lipinski definition) is 3. The average Bonchev–Trinajstić information content (AvgIpc) is 2.83. The van der Waals surface area contributed by atoms with E-state index in [-0.39, 0.29) is 12.4 Å². The third-order valence-electron chi connectivity index (χ3n) is 5.03. The number of aromatic hydroxyl groups is 1. The lowest BCUT2D eigenvalue weighted by Gasteiger charge is -2.22. The molecule has 1 atom stereocenters. The van der Waals surface area contributed by atoms with Crippen molar-refractivity contribution in [2.75, 3.05) is 20.1 Å². The van der Waals surface area contributed by atoms with Gasteiger partial charge in [0.25, 0.3) is 0 Å². The van der Waals surface area contributed by atoms with Crippen LogP contribution >= 0.6 is 24.2 Å². The van der Waals surface area contributed by atoms with Crippen LogP contribution in [0.15, 0.2) is 82.6 Å². The number of rotatable bonds is 3. The van der Waals surface area contributed by atoms with Crippen molar-refractivity contribution in [1.82, 2.24) is 4.90 Å². The maximum atomic E-state index is 10.7. The molecule has 2 nitrogen and oxygen atoms in total. The summed E-state index contributed by atoms with van der Waals surface area (Å²) in [5.74, 6) is 0.670. The molecular weight excluding hydrogens is 374 g/mol. The first-order valence-corrected chi connectivity index (χ1v) is 9.84. The lowest BCUT2D eigenvalue weighted by Crippen LogP contribution is -2.24. The Hall–Kier alpha value is -1.94. The molecule has 4 heteroatoms. The van der Waals surface area contributed by atoms with Gasteiger partial charge < -0.3 is 10.0 Å². The fourth-order valence-corrected chi connectivity index (χ4v) is 4.56. The number of halogens is 1. The van der Waals surface area contributed by atoms with Crippen LogP contribution in [0, 0.1) is 0 Å². The van der Waals surface area contributed by atoms with Crippen molar-refractivity contribution in [3.05, 3.63) is 89.5 Å². The van der Waals surface area contributed by atoms with Crippen molar-refractivity contribution in [1.29, 1.82) is 0 Å². The average molecular weight is 398 g/mol. The van der Waals surface area contributed by atoms with Gasteiger partial charge >= 0.3 is 0 Å². The molecule has 1 heterocycles. The van der Waals surface area contributed by atoms with Gasteiger partial charge in [-0.25, -0.2) is 0 Å². The zero-order chi connectivity index (χ0) is 17.9. The summed E-state index contributed by atoms with van der Waals surface area (Å²) in [4.78, 5) is 4.47. The fraction of sp³-hybridized carbons (Fsp3) is 0.217. The van der Waals surface area contributed by atoms with Crippen molar-refractivity contribution in [2.24, 2.45) is 0 Å². The molecule has 1 aliphatic rings. The van der Waals surface area contributed by atoms with Gasteiger partial charge in [-0.05, 0) is 54.4 Å². The number of benzene rings is 3. The minimum absolute atomic E-state index is 0. The topological polar surface area (TPSA) is 23.5 Å². The molecule has 4 rings (SSSR count). The van der Waals surface area contributed by atoms with E-state index in [0.29, 0.717) is 11.7 Å². The zero-order valence-corrected chi connectivity index (χ0v) is 17.0. The highest BCUT2D eigenvalue weighted by atomic mass is 35.5. The molecule has 0 radical (unpaired) electrons. The van der Waals surface area contributed by atoms with Crippen molar-refractivity contribution >= 4 is 24.2 Å². The first-order valence-electron chi connectivity index (χ1n) is 9.03. The van der Waals surface area contributed by atoms with Crippen LogP contribution < -0.4 is 0 Å². The molecule has 3 aromatic rings. The van der Waals surface area contributed by atoms with Crippen LogP contribution in [0.3, 0.4) is 0 Å². The SMILES string of the molecule is CN1CCc2cc(Sc3ccccc3)c(O)cc2C(c2ccccc2)C1.Cl. The zero-order valence-electron chi connectivity index (χ0n) is 15.3. The van der Waals surface area contributed by atoms with Crippen LogP contribution in [0.1, 0.15) is 22.6 Å². The summed E-state index contributed by atoms with van der Waals surface area (Å²) >= 11 is 1.63. The fourth-order valence-electron chi connectivity index (χ4n) is 3.65. The summed E-state index contributed by atoms with van der Waals surface area (Å²) in [6.07, 6.45) is 1.01. The molecular formula is C23H24ClNOS. The van der Waals surface area contributed by atoms with Crippen LogP contribution in [0.5, 0.6) is 5.75 Å². The molecule has 0 aromatic heterocycles. The number of phenols is 1. The number of likely N-dealkylation sites (N-methyl/N-ethyl adjacent to an activating group) is 1. The predicted octanol–water partition coefficient (Wildman–Crippen LogP) is 5.59. The Labute approximate surface area is 171 Å². The molecule has 0 aliphatic carbocycles. The molecule has 3 aromatic carbocycles. The van der Waals surface area contributed by atoms with Crippen LogP contribution in [-0.2, 0) is 6.42 Å². The van der Waals surface area contributed by atoms with E-state index in [1.165, 1.54) is 16.7 Å². The van der Waals surface area contributed by atoms with E-state index < -0.39 is 0 Å². The van der Waals surface area contributed by atoms with E-state index >= 15 is 0 Å². The largest absolute Gasteiger partial charge is 0.507 e. The first kappa shape index (κ1) is 19.8. The Bertz CT molecular complexity index is 886. The Morgan fingerprint density at radius 3 is 2.33 bits per heavy atom. The van der Waals surface area contributed by atoms with Crippen LogP contribution in [0.25, 0.3) is 0 Å². The van der Waals surface area contributed by atoms with Crippen LogP contribution in [0.4, 0.5) is 0 Å². The lowest BCUT2D eigenvalue weighted by atomic mass is 9.88. The third kappa shape index (κ3) is 4.49. The van der Waals surface area contributed by atoms with Gasteiger partial charge in [-0.2, -0.15) is 0 Å². The Morgan fingerprint density at radius 1 is 0.963 bits per heavy atom. The summed E-state index contributed by atoms with van der Waals surface area (Å²) in [6, 6.07) is 25.1. The Morgan fingerprint density at radius 2 is 1.63 bits per heavy atom. The number of phenolic OH excluding ortho intramolecular Hbond substituents is 1. The Balaban J connectivity index is 0.00000210. The van der Waals surface area contributed by atoms with Gasteiger partial charge in [-0.1, -0.05) is 60.3 Å². The van der Waals surface area contributed by atoms with Gasteiger partial charge in [0.2, 0.25) is 0 Å². The molecule has 0 amide bonds. The highest BCUT2D eigenvalue weighted by Crippen LogP contribution is 2.40. The molecule has 0 saturated carbocycles. The van der Waals surface area contributed by atoms with Crippen molar-refractivity contribution in [3.63, 3.8) is 0 Å². The van der Waals surface area contributed by atoms with Gasteiger partial charge in [0.1, 0.15) is 5.75 Å². The number of hydrogen-bond donors (Lipinski definition) is 1. The van der Waals surface area contributed by atoms with E-state index in [1.54, 1.807) is 11.8 Å². The standard InChI is InChI=1S/C23H23NOS.ClH/c1-24-13-12-18-14-23(26-19-10-6-3-7-11-19)22(25)15-20(18)21(16-24)17-8-4-2-5-9-17;/h2-11,14-15,21,25H,12-13,16H2,1H3;1H. The van der Waals surface area contributed by atoms with Crippen molar-refractivity contribution < 1.29 is 5.11 Å². The molecule has 0 spiro atoms. The maximum Gasteiger partial charge on any atom is 0.129 e. The molecule has 1 N–H and O–H groups in total. The Kier molecular flexibility index (Phi) is 6.48. The molecule has 0 saturated heterocycles. The number of nitrogens with zero attached hydrogens (tertiary/aromatic N) is 1. The number of fused-ring (bicyclic) bond motifs is 1. The van der Waals surface area contributed by atoms with Gasteiger partial charge in [0, 0.05) is 23.9 Å². The summed E-state index contributed by atoms with van der Waals surface area (Å²) in [7, 11) is 2.18. The van der Waals surface area contributed by atoms with Gasteiger partial charge in [0.05, 0.1) is 4.90 Å². The minimum atomic E-state index is 0. The second-order valence-electron chi connectivity index (χ2n) is 6.91. The molecule has 0 fully saturated rings. The molecule has 0 bridgehead atoms. The molecule has 140 valence electrons. The van der Waals surface area contributed by atoms with E-state index in [2.05, 4.69) is 60.5 Å². The van der Waals surface area contributed by atoms with E-state index in [9.17, 15) is 5.11 Å². The third-order valence-corrected chi connectivity index (χ3v) is 6.08. The summed E-state index contributed by atoms with van der Waals surface area (Å²) in [5, 5.41) is 10.7. The van der Waals surface area contributed by atoms with E-state index in [4.69, 9.17) is 0 Å². The van der Waals surface area contributed by atoms with Crippen LogP contribution in [0.2, 0.25) is 0 Å². The summed E-state index contributed by atoms with van der Waals surface area (Å²) in [6.45, 7) is 2.01. The summed E-state index contributed by atoms with van der Waals surface area (Å²) in [5.41, 5.74) is 3.92. The molecule has 1 aliphatic heterocycles. The highest BCUT2D eigenvalue weighted by molar-refractivity contribution is 7.99. The van der Waals surface area contributed by atoms with Gasteiger partial charge in [-0.15, -0.1) is 12.4 Å². The smallest absolute Gasteiger partial charge is 0.129 e. The minimum Gasteiger partial charge on any atom is -0.507 e. The van der Waals surface area contributed by atoms with Gasteiger partial charge in [0.15, 0.2) is 0 Å². The predicted molar refractivity (Wildman–Crippen MR) is 115 cm³/mol. The first-order chi connectivity index (χ1) is 12.7. The maximum absolute atomic E-state index is 10.7. The highest BCUT2D eigenvalue weighted by Gasteiger charge is 2.24. The normalized spacial score (nSPS) is 16.9. The quantitative estimate of drug-likeness (QED) is 0.623. The second kappa shape index (κ2) is 8.83. The second-order valence-corrected chi connectivity index (χ2v) is 8.02. The van der Waals surface area contributed by atoms with Crippen molar-refractivity contribution in [2.45, 2.75) is 22.1 Å². The van der Waals surface area contributed by atoms with E-state index in [0.717, 1.165) is 29.3 Å². The lowest BCUT2D eigenvalue weighted by molar-refractivity contribution is 0.338. The van der Waals surface area contributed by atoms with Crippen LogP contribution in [-0.4, -0.2) is 30.1 Å². The summed E-state index contributed by atoms with van der Waals surface area (Å²) < 4.78 is 0. The van der Waals surface area contributed by atoms with Gasteiger partial charge in [-0.3, -0.25) is 0 Å². The molecule has 27 heavy (non-hydrogen) atoms. The molecule has 1 unspecified atom stereocenters.